The number of hydrogen-bond acceptors (Lipinski definition) is 11. The average Bonchev–Trinajstić information content (AvgIpc) is 3.57. The van der Waals surface area contributed by atoms with Crippen molar-refractivity contribution in [1.29, 1.82) is 0 Å². The predicted octanol–water partition coefficient (Wildman–Crippen LogP) is 12.4. The zero-order chi connectivity index (χ0) is 53.5. The minimum Gasteiger partial charge on any atom is -0.374 e. The van der Waals surface area contributed by atoms with Gasteiger partial charge in [-0.1, -0.05) is 243 Å². The topological polar surface area (TPSA) is 102 Å². The Hall–Kier alpha value is -6.68. The predicted molar refractivity (Wildman–Crippen MR) is 301 cm³/mol. The molecule has 10 atom stereocenters. The van der Waals surface area contributed by atoms with Crippen LogP contribution in [0.25, 0.3) is 0 Å². The normalized spacial score (nSPS) is 23.0. The van der Waals surface area contributed by atoms with Gasteiger partial charge in [-0.05, 0) is 44.5 Å². The molecule has 11 nitrogen and oxygen atoms in total. The first-order chi connectivity index (χ1) is 39.2. The van der Waals surface area contributed by atoms with E-state index in [4.69, 9.17) is 52.1 Å². The molecule has 8 aromatic rings. The highest BCUT2D eigenvalue weighted by Crippen LogP contribution is 2.35. The molecule has 0 radical (unpaired) electrons. The van der Waals surface area contributed by atoms with Gasteiger partial charge in [-0.2, -0.15) is 0 Å². The highest BCUT2D eigenvalue weighted by atomic mass is 16.8. The van der Waals surface area contributed by atoms with Crippen LogP contribution in [0, 0.1) is 0 Å². The Morgan fingerprint density at radius 3 is 0.747 bits per heavy atom. The van der Waals surface area contributed by atoms with Gasteiger partial charge in [-0.25, -0.2) is 0 Å². The van der Waals surface area contributed by atoms with Gasteiger partial charge in [0, 0.05) is 0 Å². The molecule has 2 heterocycles. The first-order valence-corrected chi connectivity index (χ1v) is 27.3. The standard InChI is InChI=1S/C68H70O11/c1-9-25-51(26-10-1)41-69-49-59-61(70-42-52-27-11-2-12-28-52)63(72-44-54-31-15-4-16-32-54)66(75-47-57-37-21-7-22-38-57)68(78-59)77-50-60-62(71-43-53-29-13-3-14-30-53)64(73-45-55-33-17-5-18-34-55)65(74-46-56-35-19-6-20-36-56)67(79-60)76-48-58-39-23-8-24-40-58/h1-40,59-68H,41-50H2/t59-,60-,61-,62-,63+,64+,65-,66-,67-,68-/m1/s1. The molecular weight excluding hydrogens is 993 g/mol. The third kappa shape index (κ3) is 16.7. The molecule has 79 heavy (non-hydrogen) atoms. The zero-order valence-corrected chi connectivity index (χ0v) is 44.4. The fourth-order valence-electron chi connectivity index (χ4n) is 9.84. The van der Waals surface area contributed by atoms with E-state index in [1.165, 1.54) is 0 Å². The van der Waals surface area contributed by atoms with E-state index in [9.17, 15) is 0 Å². The van der Waals surface area contributed by atoms with Crippen molar-refractivity contribution >= 4 is 0 Å². The second-order valence-corrected chi connectivity index (χ2v) is 19.8. The molecule has 0 unspecified atom stereocenters. The van der Waals surface area contributed by atoms with Gasteiger partial charge in [-0.15, -0.1) is 0 Å². The maximum atomic E-state index is 7.19. The minimum absolute atomic E-state index is 0.0321. The van der Waals surface area contributed by atoms with E-state index in [2.05, 4.69) is 0 Å². The van der Waals surface area contributed by atoms with Crippen molar-refractivity contribution in [2.75, 3.05) is 13.2 Å². The Morgan fingerprint density at radius 2 is 0.443 bits per heavy atom. The molecule has 2 saturated heterocycles. The lowest BCUT2D eigenvalue weighted by atomic mass is 9.96. The molecule has 2 aliphatic heterocycles. The lowest BCUT2D eigenvalue weighted by Gasteiger charge is -2.48. The Labute approximate surface area is 464 Å². The maximum Gasteiger partial charge on any atom is 0.187 e. The molecule has 0 aromatic heterocycles. The molecule has 0 N–H and O–H groups in total. The van der Waals surface area contributed by atoms with Crippen LogP contribution < -0.4 is 0 Å². The SMILES string of the molecule is c1ccc(COC[C@H]2O[C@@H](OC[C@H]3O[C@@H](OCc4ccccc4)[C@H](OCc4ccccc4)[C@@H](OCc4ccccc4)[C@@H]3OCc3ccccc3)[C@H](OCc3ccccc3)[C@@H](OCc3ccccc3)[C@@H]2OCc2ccccc2)cc1. The Morgan fingerprint density at radius 1 is 0.215 bits per heavy atom. The van der Waals surface area contributed by atoms with Gasteiger partial charge < -0.3 is 52.1 Å². The van der Waals surface area contributed by atoms with Crippen LogP contribution in [0.3, 0.4) is 0 Å². The first kappa shape index (κ1) is 55.6. The van der Waals surface area contributed by atoms with Crippen molar-refractivity contribution in [3.8, 4) is 0 Å². The summed E-state index contributed by atoms with van der Waals surface area (Å²) in [5.74, 6) is 0. The molecule has 0 bridgehead atoms. The summed E-state index contributed by atoms with van der Waals surface area (Å²) in [4.78, 5) is 0. The second-order valence-electron chi connectivity index (χ2n) is 19.8. The van der Waals surface area contributed by atoms with Crippen molar-refractivity contribution in [1.82, 2.24) is 0 Å². The van der Waals surface area contributed by atoms with Crippen LogP contribution in [0.2, 0.25) is 0 Å². The van der Waals surface area contributed by atoms with Crippen LogP contribution in [0.15, 0.2) is 243 Å². The monoisotopic (exact) mass is 1060 g/mol. The third-order valence-corrected chi connectivity index (χ3v) is 14.0. The van der Waals surface area contributed by atoms with E-state index >= 15 is 0 Å². The van der Waals surface area contributed by atoms with Crippen LogP contribution >= 0.6 is 0 Å². The fourth-order valence-corrected chi connectivity index (χ4v) is 9.84. The Balaban J connectivity index is 1.01. The van der Waals surface area contributed by atoms with Crippen LogP contribution in [-0.4, -0.2) is 74.6 Å². The van der Waals surface area contributed by atoms with E-state index < -0.39 is 61.4 Å². The van der Waals surface area contributed by atoms with Gasteiger partial charge in [-0.3, -0.25) is 0 Å². The summed E-state index contributed by atoms with van der Waals surface area (Å²) < 4.78 is 77.0. The van der Waals surface area contributed by atoms with Crippen LogP contribution in [0.1, 0.15) is 44.5 Å². The summed E-state index contributed by atoms with van der Waals surface area (Å²) in [5.41, 5.74) is 7.95. The van der Waals surface area contributed by atoms with E-state index in [1.807, 2.05) is 243 Å². The molecule has 10 rings (SSSR count). The largest absolute Gasteiger partial charge is 0.374 e. The minimum atomic E-state index is -1.02. The Kier molecular flexibility index (Phi) is 21.2. The van der Waals surface area contributed by atoms with E-state index in [0.717, 1.165) is 44.5 Å². The van der Waals surface area contributed by atoms with Crippen molar-refractivity contribution in [3.63, 3.8) is 0 Å². The first-order valence-electron chi connectivity index (χ1n) is 27.3. The molecule has 11 heteroatoms. The molecule has 0 aliphatic carbocycles. The number of benzene rings is 8. The summed E-state index contributed by atoms with van der Waals surface area (Å²) in [6.07, 6.45) is -7.82. The molecule has 8 aromatic carbocycles. The lowest BCUT2D eigenvalue weighted by Crippen LogP contribution is -2.64. The average molecular weight is 1060 g/mol. The van der Waals surface area contributed by atoms with Gasteiger partial charge in [0.15, 0.2) is 12.6 Å². The number of rotatable bonds is 28. The van der Waals surface area contributed by atoms with E-state index in [1.54, 1.807) is 0 Å². The van der Waals surface area contributed by atoms with Crippen molar-refractivity contribution in [2.24, 2.45) is 0 Å². The van der Waals surface area contributed by atoms with Crippen LogP contribution in [-0.2, 0) is 105 Å². The Bertz CT molecular complexity index is 2890. The van der Waals surface area contributed by atoms with Gasteiger partial charge >= 0.3 is 0 Å². The number of ether oxygens (including phenoxy) is 11. The quantitative estimate of drug-likeness (QED) is 0.0469. The summed E-state index contributed by atoms with van der Waals surface area (Å²) >= 11 is 0. The summed E-state index contributed by atoms with van der Waals surface area (Å²) in [6, 6.07) is 80.6. The van der Waals surface area contributed by atoms with Gasteiger partial charge in [0.2, 0.25) is 0 Å². The van der Waals surface area contributed by atoms with Gasteiger partial charge in [0.25, 0.3) is 0 Å². The molecule has 2 aliphatic rings. The van der Waals surface area contributed by atoms with Gasteiger partial charge in [0.1, 0.15) is 48.8 Å². The molecular formula is C68H70O11. The molecule has 2 fully saturated rings. The maximum absolute atomic E-state index is 7.19. The summed E-state index contributed by atoms with van der Waals surface area (Å²) in [5, 5.41) is 0. The highest BCUT2D eigenvalue weighted by Gasteiger charge is 2.52. The summed E-state index contributed by atoms with van der Waals surface area (Å²) in [6.45, 7) is 2.38. The van der Waals surface area contributed by atoms with Crippen LogP contribution in [0.5, 0.6) is 0 Å². The smallest absolute Gasteiger partial charge is 0.187 e. The molecule has 0 spiro atoms. The van der Waals surface area contributed by atoms with Gasteiger partial charge in [0.05, 0.1) is 66.1 Å². The number of hydrogen-bond donors (Lipinski definition) is 0. The molecule has 408 valence electrons. The second kappa shape index (κ2) is 30.1. The lowest BCUT2D eigenvalue weighted by molar-refractivity contribution is -0.354. The summed E-state index contributed by atoms with van der Waals surface area (Å²) in [7, 11) is 0. The van der Waals surface area contributed by atoms with E-state index in [-0.39, 0.29) is 52.9 Å². The zero-order valence-electron chi connectivity index (χ0n) is 44.4. The van der Waals surface area contributed by atoms with E-state index in [0.29, 0.717) is 13.2 Å². The third-order valence-electron chi connectivity index (χ3n) is 14.0. The van der Waals surface area contributed by atoms with Crippen molar-refractivity contribution in [2.45, 2.75) is 114 Å². The van der Waals surface area contributed by atoms with Crippen LogP contribution in [0.4, 0.5) is 0 Å². The van der Waals surface area contributed by atoms with Crippen molar-refractivity contribution in [3.05, 3.63) is 287 Å². The molecule has 0 saturated carbocycles. The highest BCUT2D eigenvalue weighted by molar-refractivity contribution is 5.20. The van der Waals surface area contributed by atoms with Crippen molar-refractivity contribution < 1.29 is 52.1 Å². The molecule has 0 amide bonds. The fraction of sp³-hybridized carbons (Fsp3) is 0.294.